The molecule has 2 rings (SSSR count). The SMILES string of the molecule is COCC(C)c1nc(Cl)c(-c2cccc(Br)c2)c(Cl)n1. The van der Waals surface area contributed by atoms with Gasteiger partial charge >= 0.3 is 0 Å². The molecule has 1 atom stereocenters. The second-order valence-corrected chi connectivity index (χ2v) is 6.04. The van der Waals surface area contributed by atoms with Crippen LogP contribution in [-0.4, -0.2) is 23.7 Å². The number of ether oxygens (including phenoxy) is 1. The Balaban J connectivity index is 2.46. The minimum atomic E-state index is 0.0339. The Hall–Kier alpha value is -0.680. The van der Waals surface area contributed by atoms with Crippen LogP contribution in [-0.2, 0) is 4.74 Å². The number of benzene rings is 1. The Morgan fingerprint density at radius 1 is 1.25 bits per heavy atom. The summed E-state index contributed by atoms with van der Waals surface area (Å²) in [6.07, 6.45) is 0. The predicted octanol–water partition coefficient (Wildman–Crippen LogP) is 4.96. The maximum atomic E-state index is 6.27. The van der Waals surface area contributed by atoms with Gasteiger partial charge in [0, 0.05) is 17.5 Å². The minimum Gasteiger partial charge on any atom is -0.384 e. The highest BCUT2D eigenvalue weighted by atomic mass is 79.9. The summed E-state index contributed by atoms with van der Waals surface area (Å²) in [5.74, 6) is 0.618. The number of rotatable bonds is 4. The number of hydrogen-bond donors (Lipinski definition) is 0. The van der Waals surface area contributed by atoms with Crippen molar-refractivity contribution >= 4 is 39.1 Å². The zero-order chi connectivity index (χ0) is 14.7. The third kappa shape index (κ3) is 3.50. The first-order valence-corrected chi connectivity index (χ1v) is 7.55. The van der Waals surface area contributed by atoms with Gasteiger partial charge in [0.05, 0.1) is 12.2 Å². The lowest BCUT2D eigenvalue weighted by atomic mass is 10.1. The van der Waals surface area contributed by atoms with Crippen molar-refractivity contribution in [1.82, 2.24) is 9.97 Å². The molecule has 2 aromatic rings. The summed E-state index contributed by atoms with van der Waals surface area (Å²) in [6.45, 7) is 2.48. The first-order valence-electron chi connectivity index (χ1n) is 6.00. The lowest BCUT2D eigenvalue weighted by Crippen LogP contribution is -2.08. The van der Waals surface area contributed by atoms with Crippen LogP contribution in [0.2, 0.25) is 10.3 Å². The standard InChI is InChI=1S/C14H13BrCl2N2O/c1-8(7-20-2)14-18-12(16)11(13(17)19-14)9-4-3-5-10(15)6-9/h3-6,8H,7H2,1-2H3. The molecule has 0 N–H and O–H groups in total. The quantitative estimate of drug-likeness (QED) is 0.708. The van der Waals surface area contributed by atoms with Crippen LogP contribution in [0, 0.1) is 0 Å². The molecule has 20 heavy (non-hydrogen) atoms. The van der Waals surface area contributed by atoms with Gasteiger partial charge in [-0.25, -0.2) is 9.97 Å². The van der Waals surface area contributed by atoms with E-state index in [1.807, 2.05) is 31.2 Å². The van der Waals surface area contributed by atoms with E-state index < -0.39 is 0 Å². The van der Waals surface area contributed by atoms with Gasteiger partial charge in [-0.2, -0.15) is 0 Å². The molecular weight excluding hydrogens is 363 g/mol. The first kappa shape index (κ1) is 15.7. The Morgan fingerprint density at radius 3 is 2.45 bits per heavy atom. The van der Waals surface area contributed by atoms with Gasteiger partial charge in [-0.1, -0.05) is 58.2 Å². The number of halogens is 3. The predicted molar refractivity (Wildman–Crippen MR) is 85.5 cm³/mol. The Bertz CT molecular complexity index is 599. The highest BCUT2D eigenvalue weighted by molar-refractivity contribution is 9.10. The molecule has 1 heterocycles. The third-order valence-electron chi connectivity index (χ3n) is 2.81. The number of nitrogens with zero attached hydrogens (tertiary/aromatic N) is 2. The van der Waals surface area contributed by atoms with Crippen molar-refractivity contribution in [3.05, 3.63) is 44.9 Å². The van der Waals surface area contributed by atoms with Crippen LogP contribution in [0.25, 0.3) is 11.1 Å². The smallest absolute Gasteiger partial charge is 0.142 e. The monoisotopic (exact) mass is 374 g/mol. The fourth-order valence-electron chi connectivity index (χ4n) is 1.85. The van der Waals surface area contributed by atoms with Crippen molar-refractivity contribution in [3.63, 3.8) is 0 Å². The molecule has 0 radical (unpaired) electrons. The normalized spacial score (nSPS) is 12.4. The summed E-state index contributed by atoms with van der Waals surface area (Å²) < 4.78 is 6.04. The van der Waals surface area contributed by atoms with Gasteiger partial charge in [-0.15, -0.1) is 0 Å². The second kappa shape index (κ2) is 6.85. The van der Waals surface area contributed by atoms with Gasteiger partial charge in [0.1, 0.15) is 16.1 Å². The van der Waals surface area contributed by atoms with E-state index in [0.717, 1.165) is 10.0 Å². The van der Waals surface area contributed by atoms with Crippen LogP contribution >= 0.6 is 39.1 Å². The largest absolute Gasteiger partial charge is 0.384 e. The molecule has 0 spiro atoms. The molecule has 0 aliphatic carbocycles. The lowest BCUT2D eigenvalue weighted by Gasteiger charge is -2.12. The minimum absolute atomic E-state index is 0.0339. The van der Waals surface area contributed by atoms with E-state index >= 15 is 0 Å². The summed E-state index contributed by atoms with van der Waals surface area (Å²) in [5, 5.41) is 0.696. The topological polar surface area (TPSA) is 35.0 Å². The van der Waals surface area contributed by atoms with Crippen LogP contribution in [0.15, 0.2) is 28.7 Å². The molecule has 0 aliphatic heterocycles. The van der Waals surface area contributed by atoms with Crippen LogP contribution < -0.4 is 0 Å². The summed E-state index contributed by atoms with van der Waals surface area (Å²) >= 11 is 16.0. The summed E-state index contributed by atoms with van der Waals surface area (Å²) in [4.78, 5) is 8.67. The van der Waals surface area contributed by atoms with E-state index in [2.05, 4.69) is 25.9 Å². The van der Waals surface area contributed by atoms with Crippen molar-refractivity contribution < 1.29 is 4.74 Å². The average molecular weight is 376 g/mol. The molecule has 0 bridgehead atoms. The maximum Gasteiger partial charge on any atom is 0.142 e. The van der Waals surface area contributed by atoms with Gasteiger partial charge < -0.3 is 4.74 Å². The van der Waals surface area contributed by atoms with Crippen molar-refractivity contribution in [1.29, 1.82) is 0 Å². The molecule has 0 aliphatic rings. The van der Waals surface area contributed by atoms with Crippen molar-refractivity contribution in [3.8, 4) is 11.1 Å². The highest BCUT2D eigenvalue weighted by Gasteiger charge is 2.17. The fraction of sp³-hybridized carbons (Fsp3) is 0.286. The molecule has 1 aromatic heterocycles. The van der Waals surface area contributed by atoms with E-state index in [9.17, 15) is 0 Å². The molecule has 106 valence electrons. The molecule has 1 unspecified atom stereocenters. The molecule has 0 fully saturated rings. The molecule has 0 saturated carbocycles. The zero-order valence-electron chi connectivity index (χ0n) is 11.0. The third-order valence-corrected chi connectivity index (χ3v) is 3.85. The average Bonchev–Trinajstić information content (AvgIpc) is 2.38. The molecule has 6 heteroatoms. The zero-order valence-corrected chi connectivity index (χ0v) is 14.1. The number of hydrogen-bond acceptors (Lipinski definition) is 3. The van der Waals surface area contributed by atoms with Gasteiger partial charge in [0.15, 0.2) is 0 Å². The van der Waals surface area contributed by atoms with Gasteiger partial charge in [-0.3, -0.25) is 0 Å². The fourth-order valence-corrected chi connectivity index (χ4v) is 2.87. The highest BCUT2D eigenvalue weighted by Crippen LogP contribution is 2.34. The summed E-state index contributed by atoms with van der Waals surface area (Å²) in [5.41, 5.74) is 1.52. The Kier molecular flexibility index (Phi) is 5.38. The van der Waals surface area contributed by atoms with Gasteiger partial charge in [-0.05, 0) is 17.7 Å². The van der Waals surface area contributed by atoms with E-state index in [1.165, 1.54) is 0 Å². The van der Waals surface area contributed by atoms with E-state index in [-0.39, 0.29) is 5.92 Å². The van der Waals surface area contributed by atoms with E-state index in [4.69, 9.17) is 27.9 Å². The summed E-state index contributed by atoms with van der Waals surface area (Å²) in [7, 11) is 1.63. The van der Waals surface area contributed by atoms with Crippen LogP contribution in [0.3, 0.4) is 0 Å². The van der Waals surface area contributed by atoms with Gasteiger partial charge in [0.2, 0.25) is 0 Å². The molecule has 3 nitrogen and oxygen atoms in total. The maximum absolute atomic E-state index is 6.27. The lowest BCUT2D eigenvalue weighted by molar-refractivity contribution is 0.181. The second-order valence-electron chi connectivity index (χ2n) is 4.41. The van der Waals surface area contributed by atoms with Gasteiger partial charge in [0.25, 0.3) is 0 Å². The number of methoxy groups -OCH3 is 1. The molecule has 0 saturated heterocycles. The van der Waals surface area contributed by atoms with Crippen LogP contribution in [0.4, 0.5) is 0 Å². The van der Waals surface area contributed by atoms with Crippen LogP contribution in [0.5, 0.6) is 0 Å². The van der Waals surface area contributed by atoms with Crippen molar-refractivity contribution in [2.75, 3.05) is 13.7 Å². The molecule has 0 amide bonds. The van der Waals surface area contributed by atoms with Crippen molar-refractivity contribution in [2.24, 2.45) is 0 Å². The van der Waals surface area contributed by atoms with Crippen molar-refractivity contribution in [2.45, 2.75) is 12.8 Å². The van der Waals surface area contributed by atoms with Crippen LogP contribution in [0.1, 0.15) is 18.7 Å². The first-order chi connectivity index (χ1) is 9.52. The number of aromatic nitrogens is 2. The Labute approximate surface area is 136 Å². The summed E-state index contributed by atoms with van der Waals surface area (Å²) in [6, 6.07) is 7.68. The molecular formula is C14H13BrCl2N2O. The van der Waals surface area contributed by atoms with E-state index in [1.54, 1.807) is 7.11 Å². The van der Waals surface area contributed by atoms with E-state index in [0.29, 0.717) is 28.3 Å². The Morgan fingerprint density at radius 2 is 1.90 bits per heavy atom. The molecule has 1 aromatic carbocycles.